The summed E-state index contributed by atoms with van der Waals surface area (Å²) in [5.41, 5.74) is 1.07. The fraction of sp³-hybridized carbons (Fsp3) is 0.381. The Labute approximate surface area is 165 Å². The number of rotatable bonds is 6. The average Bonchev–Trinajstić information content (AvgIpc) is 2.73. The molecule has 3 rings (SSSR count). The lowest BCUT2D eigenvalue weighted by molar-refractivity contribution is -0.139. The van der Waals surface area contributed by atoms with Gasteiger partial charge in [0.1, 0.15) is 11.5 Å². The van der Waals surface area contributed by atoms with Gasteiger partial charge in [0.25, 0.3) is 5.91 Å². The molecule has 1 saturated heterocycles. The number of amides is 1. The summed E-state index contributed by atoms with van der Waals surface area (Å²) in [7, 11) is 1.68. The zero-order valence-electron chi connectivity index (χ0n) is 15.7. The van der Waals surface area contributed by atoms with Crippen molar-refractivity contribution in [3.8, 4) is 11.5 Å². The van der Waals surface area contributed by atoms with Gasteiger partial charge in [-0.05, 0) is 42.8 Å². The van der Waals surface area contributed by atoms with Gasteiger partial charge in [-0.15, -0.1) is 0 Å². The Morgan fingerprint density at radius 3 is 2.37 bits per heavy atom. The summed E-state index contributed by atoms with van der Waals surface area (Å²) in [5.74, 6) is 1.55. The highest BCUT2D eigenvalue weighted by molar-refractivity contribution is 6.30. The van der Waals surface area contributed by atoms with Crippen LogP contribution in [-0.2, 0) is 4.79 Å². The first-order valence-electron chi connectivity index (χ1n) is 9.21. The van der Waals surface area contributed by atoms with Gasteiger partial charge in [0.2, 0.25) is 0 Å². The average molecular weight is 389 g/mol. The number of methoxy groups -OCH3 is 1. The molecule has 1 aliphatic rings. The molecule has 0 aromatic heterocycles. The molecule has 0 saturated carbocycles. The molecule has 0 bridgehead atoms. The van der Waals surface area contributed by atoms with E-state index in [1.54, 1.807) is 31.4 Å². The van der Waals surface area contributed by atoms with E-state index >= 15 is 0 Å². The van der Waals surface area contributed by atoms with Gasteiger partial charge < -0.3 is 19.3 Å². The van der Waals surface area contributed by atoms with Gasteiger partial charge in [-0.2, -0.15) is 0 Å². The van der Waals surface area contributed by atoms with Crippen LogP contribution in [0.25, 0.3) is 0 Å². The van der Waals surface area contributed by atoms with Crippen molar-refractivity contribution in [3.05, 3.63) is 53.6 Å². The van der Waals surface area contributed by atoms with E-state index in [0.29, 0.717) is 30.3 Å². The van der Waals surface area contributed by atoms with Crippen molar-refractivity contribution < 1.29 is 14.3 Å². The van der Waals surface area contributed by atoms with Crippen LogP contribution in [0.3, 0.4) is 0 Å². The van der Waals surface area contributed by atoms with E-state index in [4.69, 9.17) is 21.1 Å². The maximum Gasteiger partial charge on any atom is 0.263 e. The van der Waals surface area contributed by atoms with Crippen molar-refractivity contribution in [2.75, 3.05) is 38.2 Å². The van der Waals surface area contributed by atoms with Gasteiger partial charge in [-0.3, -0.25) is 4.79 Å². The van der Waals surface area contributed by atoms with Gasteiger partial charge >= 0.3 is 0 Å². The zero-order chi connectivity index (χ0) is 19.2. The van der Waals surface area contributed by atoms with Crippen molar-refractivity contribution in [3.63, 3.8) is 0 Å². The smallest absolute Gasteiger partial charge is 0.263 e. The molecule has 2 aromatic rings. The number of hydrogen-bond acceptors (Lipinski definition) is 4. The fourth-order valence-corrected chi connectivity index (χ4v) is 3.37. The highest BCUT2D eigenvalue weighted by atomic mass is 35.5. The van der Waals surface area contributed by atoms with Gasteiger partial charge in [0.15, 0.2) is 6.10 Å². The molecule has 5 nitrogen and oxygen atoms in total. The Hall–Kier alpha value is -2.40. The van der Waals surface area contributed by atoms with E-state index in [1.165, 1.54) is 0 Å². The molecule has 144 valence electrons. The molecule has 0 aliphatic carbocycles. The number of hydrogen-bond donors (Lipinski definition) is 0. The summed E-state index contributed by atoms with van der Waals surface area (Å²) >= 11 is 5.91. The van der Waals surface area contributed by atoms with E-state index < -0.39 is 6.10 Å². The van der Waals surface area contributed by atoms with Gasteiger partial charge in [-0.25, -0.2) is 0 Å². The zero-order valence-corrected chi connectivity index (χ0v) is 16.5. The number of carbonyl (C=O) groups excluding carboxylic acids is 1. The molecule has 1 amide bonds. The second-order valence-corrected chi connectivity index (χ2v) is 6.89. The summed E-state index contributed by atoms with van der Waals surface area (Å²) in [4.78, 5) is 17.0. The standard InChI is InChI=1S/C21H25ClN2O3/c1-3-19(27-17-10-8-16(22)9-11-17)21(25)24-14-12-23(13-15-24)18-6-4-5-7-20(18)26-2/h4-11,19H,3,12-15H2,1-2H3/t19-/m0/s1. The summed E-state index contributed by atoms with van der Waals surface area (Å²) in [6.07, 6.45) is 0.137. The third-order valence-corrected chi connectivity index (χ3v) is 5.01. The molecule has 2 aromatic carbocycles. The number of nitrogens with zero attached hydrogens (tertiary/aromatic N) is 2. The van der Waals surface area contributed by atoms with E-state index in [2.05, 4.69) is 11.0 Å². The Balaban J connectivity index is 1.60. The van der Waals surface area contributed by atoms with Crippen LogP contribution in [0, 0.1) is 0 Å². The predicted octanol–water partition coefficient (Wildman–Crippen LogP) is 3.85. The van der Waals surface area contributed by atoms with Crippen molar-refractivity contribution in [1.29, 1.82) is 0 Å². The second kappa shape index (κ2) is 9.00. The van der Waals surface area contributed by atoms with Crippen LogP contribution in [0.5, 0.6) is 11.5 Å². The van der Waals surface area contributed by atoms with E-state index in [9.17, 15) is 4.79 Å². The molecule has 1 aliphatic heterocycles. The molecular weight excluding hydrogens is 364 g/mol. The Morgan fingerprint density at radius 1 is 1.07 bits per heavy atom. The normalized spacial score (nSPS) is 15.4. The fourth-order valence-electron chi connectivity index (χ4n) is 3.25. The number of halogens is 1. The first kappa shape index (κ1) is 19.4. The van der Waals surface area contributed by atoms with Gasteiger partial charge in [-0.1, -0.05) is 30.7 Å². The Kier molecular flexibility index (Phi) is 6.45. The summed E-state index contributed by atoms with van der Waals surface area (Å²) < 4.78 is 11.3. The quantitative estimate of drug-likeness (QED) is 0.753. The Morgan fingerprint density at radius 2 is 1.74 bits per heavy atom. The van der Waals surface area contributed by atoms with Crippen LogP contribution in [0.15, 0.2) is 48.5 Å². The number of benzene rings is 2. The molecule has 27 heavy (non-hydrogen) atoms. The van der Waals surface area contributed by atoms with Crippen LogP contribution >= 0.6 is 11.6 Å². The first-order valence-corrected chi connectivity index (χ1v) is 9.59. The number of ether oxygens (including phenoxy) is 2. The largest absolute Gasteiger partial charge is 0.495 e. The first-order chi connectivity index (χ1) is 13.1. The molecule has 1 heterocycles. The molecule has 6 heteroatoms. The van der Waals surface area contributed by atoms with Crippen molar-refractivity contribution >= 4 is 23.2 Å². The lowest BCUT2D eigenvalue weighted by Crippen LogP contribution is -2.52. The minimum Gasteiger partial charge on any atom is -0.495 e. The number of para-hydroxylation sites is 2. The summed E-state index contributed by atoms with van der Waals surface area (Å²) in [6, 6.07) is 15.1. The summed E-state index contributed by atoms with van der Waals surface area (Å²) in [6.45, 7) is 4.82. The number of piperazine rings is 1. The highest BCUT2D eigenvalue weighted by Gasteiger charge is 2.28. The van der Waals surface area contributed by atoms with Crippen LogP contribution in [-0.4, -0.2) is 50.2 Å². The lowest BCUT2D eigenvalue weighted by Gasteiger charge is -2.37. The molecule has 1 fully saturated rings. The monoisotopic (exact) mass is 388 g/mol. The highest BCUT2D eigenvalue weighted by Crippen LogP contribution is 2.28. The third-order valence-electron chi connectivity index (χ3n) is 4.76. The van der Waals surface area contributed by atoms with Crippen molar-refractivity contribution in [2.24, 2.45) is 0 Å². The molecule has 0 radical (unpaired) electrons. The van der Waals surface area contributed by atoms with Crippen molar-refractivity contribution in [2.45, 2.75) is 19.4 Å². The SMILES string of the molecule is CC[C@H](Oc1ccc(Cl)cc1)C(=O)N1CCN(c2ccccc2OC)CC1. The third kappa shape index (κ3) is 4.66. The minimum absolute atomic E-state index is 0.0344. The van der Waals surface area contributed by atoms with Crippen LogP contribution < -0.4 is 14.4 Å². The van der Waals surface area contributed by atoms with Crippen LogP contribution in [0.1, 0.15) is 13.3 Å². The second-order valence-electron chi connectivity index (χ2n) is 6.45. The van der Waals surface area contributed by atoms with Crippen LogP contribution in [0.2, 0.25) is 5.02 Å². The van der Waals surface area contributed by atoms with Crippen LogP contribution in [0.4, 0.5) is 5.69 Å². The maximum absolute atomic E-state index is 12.9. The molecule has 0 unspecified atom stereocenters. The maximum atomic E-state index is 12.9. The van der Waals surface area contributed by atoms with E-state index in [-0.39, 0.29) is 5.91 Å². The molecule has 0 N–H and O–H groups in total. The van der Waals surface area contributed by atoms with Crippen molar-refractivity contribution in [1.82, 2.24) is 4.90 Å². The Bertz CT molecular complexity index is 758. The van der Waals surface area contributed by atoms with E-state index in [1.807, 2.05) is 30.0 Å². The molecule has 0 spiro atoms. The minimum atomic E-state index is -0.482. The lowest BCUT2D eigenvalue weighted by atomic mass is 10.2. The number of anilines is 1. The topological polar surface area (TPSA) is 42.0 Å². The summed E-state index contributed by atoms with van der Waals surface area (Å²) in [5, 5.41) is 0.647. The molecule has 1 atom stereocenters. The predicted molar refractivity (Wildman–Crippen MR) is 108 cm³/mol. The number of carbonyl (C=O) groups is 1. The van der Waals surface area contributed by atoms with Gasteiger partial charge in [0, 0.05) is 31.2 Å². The van der Waals surface area contributed by atoms with E-state index in [0.717, 1.165) is 24.5 Å². The van der Waals surface area contributed by atoms with Gasteiger partial charge in [0.05, 0.1) is 12.8 Å². The molecular formula is C21H25ClN2O3.